The minimum Gasteiger partial charge on any atom is -0.454 e. The van der Waals surface area contributed by atoms with E-state index in [1.165, 1.54) is 6.08 Å². The molecule has 114 valence electrons. The van der Waals surface area contributed by atoms with Crippen molar-refractivity contribution in [2.24, 2.45) is 7.05 Å². The van der Waals surface area contributed by atoms with Gasteiger partial charge in [0.25, 0.3) is 0 Å². The van der Waals surface area contributed by atoms with Crippen LogP contribution in [0.3, 0.4) is 0 Å². The highest BCUT2D eigenvalue weighted by Crippen LogP contribution is 2.32. The second-order valence-electron chi connectivity index (χ2n) is 5.12. The third-order valence-corrected chi connectivity index (χ3v) is 3.59. The Balaban J connectivity index is 1.71. The molecule has 2 aromatic rings. The van der Waals surface area contributed by atoms with Gasteiger partial charge in [-0.05, 0) is 37.6 Å². The first-order valence-electron chi connectivity index (χ1n) is 6.93. The number of carbonyl (C=O) groups is 1. The van der Waals surface area contributed by atoms with Gasteiger partial charge in [-0.25, -0.2) is 0 Å². The molecule has 1 amide bonds. The average Bonchev–Trinajstić information content (AvgIpc) is 3.05. The van der Waals surface area contributed by atoms with E-state index in [-0.39, 0.29) is 12.7 Å². The predicted molar refractivity (Wildman–Crippen MR) is 82.9 cm³/mol. The summed E-state index contributed by atoms with van der Waals surface area (Å²) < 4.78 is 12.2. The molecule has 1 N–H and O–H groups in total. The lowest BCUT2D eigenvalue weighted by atomic mass is 10.2. The van der Waals surface area contributed by atoms with Gasteiger partial charge in [-0.1, -0.05) is 6.07 Å². The van der Waals surface area contributed by atoms with E-state index in [4.69, 9.17) is 9.47 Å². The Hall–Kier alpha value is -2.76. The molecule has 1 aromatic heterocycles. The van der Waals surface area contributed by atoms with Gasteiger partial charge in [-0.2, -0.15) is 5.10 Å². The van der Waals surface area contributed by atoms with Crippen molar-refractivity contribution in [1.29, 1.82) is 0 Å². The Morgan fingerprint density at radius 3 is 2.82 bits per heavy atom. The smallest absolute Gasteiger partial charge is 0.249 e. The van der Waals surface area contributed by atoms with Gasteiger partial charge in [0, 0.05) is 18.7 Å². The van der Waals surface area contributed by atoms with Crippen molar-refractivity contribution in [1.82, 2.24) is 9.78 Å². The number of anilines is 1. The Morgan fingerprint density at radius 2 is 2.09 bits per heavy atom. The van der Waals surface area contributed by atoms with Crippen molar-refractivity contribution < 1.29 is 14.3 Å². The zero-order valence-corrected chi connectivity index (χ0v) is 12.7. The molecule has 2 heterocycles. The number of nitrogens with zero attached hydrogens (tertiary/aromatic N) is 2. The summed E-state index contributed by atoms with van der Waals surface area (Å²) in [5, 5.41) is 7.11. The van der Waals surface area contributed by atoms with Crippen molar-refractivity contribution in [3.8, 4) is 11.5 Å². The molecule has 1 aromatic carbocycles. The van der Waals surface area contributed by atoms with Gasteiger partial charge in [0.05, 0.1) is 5.69 Å². The molecule has 6 heteroatoms. The number of amides is 1. The minimum absolute atomic E-state index is 0.205. The zero-order valence-electron chi connectivity index (χ0n) is 12.7. The second kappa shape index (κ2) is 5.55. The van der Waals surface area contributed by atoms with Crippen molar-refractivity contribution in [2.45, 2.75) is 13.8 Å². The molecular formula is C16H17N3O3. The second-order valence-corrected chi connectivity index (χ2v) is 5.12. The lowest BCUT2D eigenvalue weighted by molar-refractivity contribution is -0.111. The van der Waals surface area contributed by atoms with Gasteiger partial charge >= 0.3 is 0 Å². The highest BCUT2D eigenvalue weighted by Gasteiger charge is 2.13. The average molecular weight is 299 g/mol. The monoisotopic (exact) mass is 299 g/mol. The number of nitrogens with one attached hydrogen (secondary N) is 1. The van der Waals surface area contributed by atoms with Gasteiger partial charge in [0.15, 0.2) is 11.5 Å². The van der Waals surface area contributed by atoms with E-state index in [9.17, 15) is 4.79 Å². The molecule has 3 rings (SSSR count). The maximum atomic E-state index is 12.0. The molecule has 0 unspecified atom stereocenters. The maximum Gasteiger partial charge on any atom is 0.249 e. The number of ether oxygens (including phenoxy) is 2. The van der Waals surface area contributed by atoms with Gasteiger partial charge in [0.1, 0.15) is 5.82 Å². The normalized spacial score (nSPS) is 12.9. The molecule has 0 radical (unpaired) electrons. The fourth-order valence-electron chi connectivity index (χ4n) is 2.29. The van der Waals surface area contributed by atoms with Crippen molar-refractivity contribution >= 4 is 17.8 Å². The van der Waals surface area contributed by atoms with Crippen LogP contribution in [0.25, 0.3) is 6.08 Å². The fraction of sp³-hybridized carbons (Fsp3) is 0.250. The summed E-state index contributed by atoms with van der Waals surface area (Å²) in [4.78, 5) is 12.0. The summed E-state index contributed by atoms with van der Waals surface area (Å²) in [7, 11) is 1.80. The molecule has 0 fully saturated rings. The van der Waals surface area contributed by atoms with Crippen LogP contribution >= 0.6 is 0 Å². The Labute approximate surface area is 128 Å². The predicted octanol–water partition coefficient (Wildman–Crippen LogP) is 2.42. The van der Waals surface area contributed by atoms with Crippen LogP contribution in [0, 0.1) is 13.8 Å². The summed E-state index contributed by atoms with van der Waals surface area (Å²) in [5.41, 5.74) is 2.74. The van der Waals surface area contributed by atoms with Gasteiger partial charge in [-0.3, -0.25) is 9.48 Å². The van der Waals surface area contributed by atoms with E-state index in [0.717, 1.165) is 22.6 Å². The van der Waals surface area contributed by atoms with Gasteiger partial charge < -0.3 is 14.8 Å². The van der Waals surface area contributed by atoms with Crippen LogP contribution in [0.15, 0.2) is 24.3 Å². The number of hydrogen-bond donors (Lipinski definition) is 1. The molecule has 1 aliphatic rings. The first-order chi connectivity index (χ1) is 10.5. The van der Waals surface area contributed by atoms with E-state index in [2.05, 4.69) is 10.4 Å². The van der Waals surface area contributed by atoms with Crippen LogP contribution in [0.4, 0.5) is 5.82 Å². The maximum absolute atomic E-state index is 12.0. The van der Waals surface area contributed by atoms with Gasteiger partial charge in [-0.15, -0.1) is 0 Å². The van der Waals surface area contributed by atoms with Crippen LogP contribution in [-0.2, 0) is 11.8 Å². The van der Waals surface area contributed by atoms with Crippen molar-refractivity contribution in [2.75, 3.05) is 12.1 Å². The standard InChI is InChI=1S/C16H17N3O3/c1-10-11(2)18-19(3)16(10)17-15(20)7-5-12-4-6-13-14(8-12)22-9-21-13/h4-8H,9H2,1-3H3,(H,17,20). The van der Waals surface area contributed by atoms with Gasteiger partial charge in [0.2, 0.25) is 12.7 Å². The third-order valence-electron chi connectivity index (χ3n) is 3.59. The summed E-state index contributed by atoms with van der Waals surface area (Å²) >= 11 is 0. The molecule has 0 bridgehead atoms. The summed E-state index contributed by atoms with van der Waals surface area (Å²) in [5.74, 6) is 1.92. The van der Waals surface area contributed by atoms with Crippen LogP contribution < -0.4 is 14.8 Å². The van der Waals surface area contributed by atoms with Crippen molar-refractivity contribution in [3.05, 3.63) is 41.1 Å². The van der Waals surface area contributed by atoms with E-state index >= 15 is 0 Å². The largest absolute Gasteiger partial charge is 0.454 e. The SMILES string of the molecule is Cc1nn(C)c(NC(=O)C=Cc2ccc3c(c2)OCO3)c1C. The number of benzene rings is 1. The molecule has 6 nitrogen and oxygen atoms in total. The quantitative estimate of drug-likeness (QED) is 0.884. The number of aromatic nitrogens is 2. The first-order valence-corrected chi connectivity index (χ1v) is 6.93. The lowest BCUT2D eigenvalue weighted by Gasteiger charge is -2.04. The van der Waals surface area contributed by atoms with Crippen LogP contribution in [0.1, 0.15) is 16.8 Å². The molecular weight excluding hydrogens is 282 g/mol. The van der Waals surface area contributed by atoms with Crippen LogP contribution in [0.5, 0.6) is 11.5 Å². The first kappa shape index (κ1) is 14.2. The molecule has 1 aliphatic heterocycles. The van der Waals surface area contributed by atoms with Crippen molar-refractivity contribution in [3.63, 3.8) is 0 Å². The third kappa shape index (κ3) is 2.67. The van der Waals surface area contributed by atoms with Crippen LogP contribution in [0.2, 0.25) is 0 Å². The molecule has 0 saturated heterocycles. The molecule has 22 heavy (non-hydrogen) atoms. The number of fused-ring (bicyclic) bond motifs is 1. The number of carbonyl (C=O) groups excluding carboxylic acids is 1. The molecule has 0 atom stereocenters. The van der Waals surface area contributed by atoms with E-state index in [0.29, 0.717) is 11.6 Å². The number of aryl methyl sites for hydroxylation is 2. The fourth-order valence-corrected chi connectivity index (χ4v) is 2.29. The molecule has 0 saturated carbocycles. The minimum atomic E-state index is -0.205. The Bertz CT molecular complexity index is 762. The highest BCUT2D eigenvalue weighted by atomic mass is 16.7. The topological polar surface area (TPSA) is 65.4 Å². The number of rotatable bonds is 3. The van der Waals surface area contributed by atoms with E-state index in [1.54, 1.807) is 17.8 Å². The Kier molecular flexibility index (Phi) is 3.58. The van der Waals surface area contributed by atoms with E-state index in [1.807, 2.05) is 32.0 Å². The van der Waals surface area contributed by atoms with E-state index < -0.39 is 0 Å². The van der Waals surface area contributed by atoms with Crippen LogP contribution in [-0.4, -0.2) is 22.5 Å². The summed E-state index contributed by atoms with van der Waals surface area (Å²) in [6.07, 6.45) is 3.22. The highest BCUT2D eigenvalue weighted by molar-refractivity contribution is 6.01. The summed E-state index contributed by atoms with van der Waals surface area (Å²) in [6.45, 7) is 4.08. The molecule has 0 aliphatic carbocycles. The number of hydrogen-bond acceptors (Lipinski definition) is 4. The molecule has 0 spiro atoms. The zero-order chi connectivity index (χ0) is 15.7. The summed E-state index contributed by atoms with van der Waals surface area (Å²) in [6, 6.07) is 5.54. The Morgan fingerprint density at radius 1 is 1.32 bits per heavy atom. The lowest BCUT2D eigenvalue weighted by Crippen LogP contribution is -2.12.